The van der Waals surface area contributed by atoms with Crippen LogP contribution in [0.3, 0.4) is 0 Å². The molecule has 1 aliphatic heterocycles. The molecule has 1 saturated heterocycles. The van der Waals surface area contributed by atoms with Crippen molar-refractivity contribution in [2.45, 2.75) is 9.79 Å². The van der Waals surface area contributed by atoms with Gasteiger partial charge in [0.25, 0.3) is 10.0 Å². The minimum absolute atomic E-state index is 0.0588. The lowest BCUT2D eigenvalue weighted by Crippen LogP contribution is -2.40. The summed E-state index contributed by atoms with van der Waals surface area (Å²) in [4.78, 5) is 12.8. The monoisotopic (exact) mass is 623 g/mol. The number of halogens is 1. The lowest BCUT2D eigenvalue weighted by atomic mass is 10.3. The summed E-state index contributed by atoms with van der Waals surface area (Å²) in [6.07, 6.45) is 0. The molecule has 0 atom stereocenters. The molecule has 0 saturated carbocycles. The molecule has 42 heavy (non-hydrogen) atoms. The van der Waals surface area contributed by atoms with Crippen molar-refractivity contribution < 1.29 is 45.0 Å². The van der Waals surface area contributed by atoms with Gasteiger partial charge in [-0.3, -0.25) is 9.10 Å². The van der Waals surface area contributed by atoms with Crippen molar-refractivity contribution in [3.8, 4) is 17.2 Å². The van der Waals surface area contributed by atoms with Gasteiger partial charge in [0.05, 0.1) is 45.1 Å². The zero-order valence-corrected chi connectivity index (χ0v) is 24.7. The summed E-state index contributed by atoms with van der Waals surface area (Å²) < 4.78 is 91.8. The number of nitrogens with one attached hydrogen (secondary N) is 1. The van der Waals surface area contributed by atoms with Crippen molar-refractivity contribution >= 4 is 37.3 Å². The first-order valence-electron chi connectivity index (χ1n) is 12.6. The van der Waals surface area contributed by atoms with Crippen molar-refractivity contribution in [3.63, 3.8) is 0 Å². The number of anilines is 2. The molecule has 226 valence electrons. The fourth-order valence-corrected chi connectivity index (χ4v) is 7.31. The van der Waals surface area contributed by atoms with Gasteiger partial charge in [-0.05, 0) is 42.5 Å². The van der Waals surface area contributed by atoms with Crippen molar-refractivity contribution in [3.05, 3.63) is 66.5 Å². The Morgan fingerprint density at radius 2 is 1.55 bits per heavy atom. The molecule has 1 amide bonds. The van der Waals surface area contributed by atoms with Crippen LogP contribution in [0.2, 0.25) is 0 Å². The third kappa shape index (κ3) is 6.43. The number of methoxy groups -OCH3 is 3. The molecule has 1 N–H and O–H groups in total. The number of nitrogens with zero attached hydrogens (tertiary/aromatic N) is 2. The van der Waals surface area contributed by atoms with Gasteiger partial charge in [0.1, 0.15) is 23.0 Å². The molecular formula is C27H30FN3O9S2. The Bertz CT molecular complexity index is 1660. The van der Waals surface area contributed by atoms with Gasteiger partial charge in [0.2, 0.25) is 15.9 Å². The molecule has 0 aromatic heterocycles. The van der Waals surface area contributed by atoms with Crippen LogP contribution in [0.15, 0.2) is 70.5 Å². The molecule has 1 fully saturated rings. The number of ether oxygens (including phenoxy) is 4. The predicted octanol–water partition coefficient (Wildman–Crippen LogP) is 2.71. The van der Waals surface area contributed by atoms with Crippen LogP contribution in [0.1, 0.15) is 0 Å². The van der Waals surface area contributed by atoms with Gasteiger partial charge in [-0.25, -0.2) is 21.2 Å². The zero-order chi connectivity index (χ0) is 30.5. The molecule has 15 heteroatoms. The molecule has 3 aromatic carbocycles. The first-order chi connectivity index (χ1) is 20.0. The molecule has 0 aliphatic carbocycles. The van der Waals surface area contributed by atoms with Gasteiger partial charge < -0.3 is 24.3 Å². The van der Waals surface area contributed by atoms with E-state index in [1.807, 2.05) is 0 Å². The molecule has 0 spiro atoms. The molecule has 1 aliphatic rings. The lowest BCUT2D eigenvalue weighted by molar-refractivity contribution is -0.114. The average Bonchev–Trinajstić information content (AvgIpc) is 3.00. The van der Waals surface area contributed by atoms with Crippen LogP contribution in [-0.4, -0.2) is 81.2 Å². The standard InChI is InChI=1S/C27H30FN3O9S2/c1-37-23-11-9-20(17-25(23)39-3)41(33,34)31(22-7-5-4-6-21(22)28)18-27(32)29-19-8-10-24(38-2)26(16-19)42(35,36)30-12-14-40-15-13-30/h4-11,16-17H,12-15,18H2,1-3H3,(H,29,32). The number of amides is 1. The van der Waals surface area contributed by atoms with E-state index in [0.29, 0.717) is 4.31 Å². The third-order valence-electron chi connectivity index (χ3n) is 6.39. The Morgan fingerprint density at radius 1 is 0.905 bits per heavy atom. The number of para-hydroxylation sites is 1. The van der Waals surface area contributed by atoms with Gasteiger partial charge in [0, 0.05) is 24.8 Å². The lowest BCUT2D eigenvalue weighted by Gasteiger charge is -2.27. The number of morpholine rings is 1. The van der Waals surface area contributed by atoms with Crippen molar-refractivity contribution in [2.75, 3.05) is 63.8 Å². The van der Waals surface area contributed by atoms with Crippen molar-refractivity contribution in [1.29, 1.82) is 0 Å². The topological polar surface area (TPSA) is 141 Å². The maximum Gasteiger partial charge on any atom is 0.265 e. The molecule has 4 rings (SSSR count). The van der Waals surface area contributed by atoms with E-state index in [1.165, 1.54) is 80.2 Å². The summed E-state index contributed by atoms with van der Waals surface area (Å²) in [5.74, 6) is -1.29. The Labute approximate surface area is 243 Å². The van der Waals surface area contributed by atoms with Crippen molar-refractivity contribution in [2.24, 2.45) is 0 Å². The second-order valence-electron chi connectivity index (χ2n) is 8.91. The minimum atomic E-state index is -4.52. The van der Waals surface area contributed by atoms with Crippen LogP contribution < -0.4 is 23.8 Å². The summed E-state index contributed by atoms with van der Waals surface area (Å²) in [6, 6.07) is 12.9. The van der Waals surface area contributed by atoms with E-state index in [4.69, 9.17) is 18.9 Å². The number of hydrogen-bond acceptors (Lipinski definition) is 9. The van der Waals surface area contributed by atoms with Crippen LogP contribution in [0.4, 0.5) is 15.8 Å². The first-order valence-corrected chi connectivity index (χ1v) is 15.5. The van der Waals surface area contributed by atoms with E-state index in [2.05, 4.69) is 5.32 Å². The summed E-state index contributed by atoms with van der Waals surface area (Å²) >= 11 is 0. The fraction of sp³-hybridized carbons (Fsp3) is 0.296. The Hall–Kier alpha value is -3.92. The Morgan fingerprint density at radius 3 is 2.19 bits per heavy atom. The highest BCUT2D eigenvalue weighted by Gasteiger charge is 2.32. The summed E-state index contributed by atoms with van der Waals surface area (Å²) in [7, 11) is -4.49. The van der Waals surface area contributed by atoms with Gasteiger partial charge in [-0.2, -0.15) is 4.31 Å². The second kappa shape index (κ2) is 12.9. The zero-order valence-electron chi connectivity index (χ0n) is 23.1. The highest BCUT2D eigenvalue weighted by molar-refractivity contribution is 7.92. The maximum atomic E-state index is 14.9. The number of benzene rings is 3. The van der Waals surface area contributed by atoms with Gasteiger partial charge >= 0.3 is 0 Å². The number of carbonyl (C=O) groups is 1. The smallest absolute Gasteiger partial charge is 0.265 e. The minimum Gasteiger partial charge on any atom is -0.495 e. The molecule has 0 radical (unpaired) electrons. The SMILES string of the molecule is COc1ccc(S(=O)(=O)N(CC(=O)Nc2ccc(OC)c(S(=O)(=O)N3CCOCC3)c2)c2ccccc2F)cc1OC. The quantitative estimate of drug-likeness (QED) is 0.341. The molecule has 0 bridgehead atoms. The number of hydrogen-bond donors (Lipinski definition) is 1. The van der Waals surface area contributed by atoms with Crippen LogP contribution in [0, 0.1) is 5.82 Å². The molecular weight excluding hydrogens is 593 g/mol. The highest BCUT2D eigenvalue weighted by atomic mass is 32.2. The van der Waals surface area contributed by atoms with E-state index in [9.17, 15) is 26.0 Å². The van der Waals surface area contributed by atoms with Crippen LogP contribution in [-0.2, 0) is 29.6 Å². The second-order valence-corrected chi connectivity index (χ2v) is 12.7. The van der Waals surface area contributed by atoms with Crippen LogP contribution in [0.25, 0.3) is 0 Å². The predicted molar refractivity (Wildman–Crippen MR) is 152 cm³/mol. The average molecular weight is 624 g/mol. The largest absolute Gasteiger partial charge is 0.495 e. The number of rotatable bonds is 11. The normalized spacial score (nSPS) is 14.2. The van der Waals surface area contributed by atoms with Crippen molar-refractivity contribution in [1.82, 2.24) is 4.31 Å². The summed E-state index contributed by atoms with van der Waals surface area (Å²) in [6.45, 7) is -0.0761. The fourth-order valence-electron chi connectivity index (χ4n) is 4.27. The number of sulfonamides is 2. The Balaban J connectivity index is 1.67. The summed E-state index contributed by atoms with van der Waals surface area (Å²) in [5, 5.41) is 2.52. The molecule has 1 heterocycles. The van der Waals surface area contributed by atoms with E-state index >= 15 is 0 Å². The van der Waals surface area contributed by atoms with Crippen LogP contribution >= 0.6 is 0 Å². The highest BCUT2D eigenvalue weighted by Crippen LogP contribution is 2.34. The first kappa shape index (κ1) is 31.0. The van der Waals surface area contributed by atoms with Gasteiger partial charge in [-0.15, -0.1) is 0 Å². The third-order valence-corrected chi connectivity index (χ3v) is 10.1. The summed E-state index contributed by atoms with van der Waals surface area (Å²) in [5.41, 5.74) is -0.308. The van der Waals surface area contributed by atoms with Gasteiger partial charge in [-0.1, -0.05) is 12.1 Å². The van der Waals surface area contributed by atoms with E-state index < -0.39 is 38.3 Å². The van der Waals surface area contributed by atoms with Gasteiger partial charge in [0.15, 0.2) is 11.5 Å². The maximum absolute atomic E-state index is 14.9. The Kier molecular flexibility index (Phi) is 9.56. The van der Waals surface area contributed by atoms with E-state index in [0.717, 1.165) is 6.07 Å². The van der Waals surface area contributed by atoms with Crippen LogP contribution in [0.5, 0.6) is 17.2 Å². The van der Waals surface area contributed by atoms with E-state index in [1.54, 1.807) is 0 Å². The molecule has 0 unspecified atom stereocenters. The van der Waals surface area contributed by atoms with E-state index in [-0.39, 0.29) is 64.7 Å². The molecule has 12 nitrogen and oxygen atoms in total. The molecule has 3 aromatic rings. The number of carbonyl (C=O) groups excluding carboxylic acids is 1.